The molecule has 20 heavy (non-hydrogen) atoms. The van der Waals surface area contributed by atoms with E-state index in [2.05, 4.69) is 0 Å². The van der Waals surface area contributed by atoms with Crippen molar-refractivity contribution in [3.63, 3.8) is 0 Å². The van der Waals surface area contributed by atoms with Gasteiger partial charge in [-0.15, -0.1) is 0 Å². The molecule has 4 heteroatoms. The van der Waals surface area contributed by atoms with Crippen LogP contribution in [0.15, 0.2) is 24.3 Å². The zero-order chi connectivity index (χ0) is 14.0. The number of carbonyl (C=O) groups is 1. The summed E-state index contributed by atoms with van der Waals surface area (Å²) in [5.41, 5.74) is 0.888. The van der Waals surface area contributed by atoms with E-state index < -0.39 is 5.97 Å². The molecule has 2 aliphatic rings. The van der Waals surface area contributed by atoms with E-state index in [0.29, 0.717) is 0 Å². The lowest BCUT2D eigenvalue weighted by atomic mass is 9.74. The SMILES string of the molecule is O=C(O)Cc1ccc(OC2CCOC3(CCC3)C2)cc1. The van der Waals surface area contributed by atoms with E-state index in [1.807, 2.05) is 24.3 Å². The van der Waals surface area contributed by atoms with Gasteiger partial charge in [-0.1, -0.05) is 12.1 Å². The van der Waals surface area contributed by atoms with E-state index in [1.165, 1.54) is 6.42 Å². The second-order valence-corrected chi connectivity index (χ2v) is 5.83. The lowest BCUT2D eigenvalue weighted by Gasteiger charge is -2.46. The summed E-state index contributed by atoms with van der Waals surface area (Å²) in [7, 11) is 0. The number of hydrogen-bond acceptors (Lipinski definition) is 3. The first-order valence-corrected chi connectivity index (χ1v) is 7.27. The molecule has 0 amide bonds. The van der Waals surface area contributed by atoms with Crippen molar-refractivity contribution in [1.29, 1.82) is 0 Å². The van der Waals surface area contributed by atoms with E-state index in [1.54, 1.807) is 0 Å². The molecule has 1 aliphatic carbocycles. The third-order valence-electron chi connectivity index (χ3n) is 4.29. The minimum Gasteiger partial charge on any atom is -0.490 e. The van der Waals surface area contributed by atoms with Crippen LogP contribution < -0.4 is 4.74 Å². The third-order valence-corrected chi connectivity index (χ3v) is 4.29. The van der Waals surface area contributed by atoms with Crippen molar-refractivity contribution in [1.82, 2.24) is 0 Å². The Kier molecular flexibility index (Phi) is 3.66. The van der Waals surface area contributed by atoms with Gasteiger partial charge in [0.2, 0.25) is 0 Å². The average molecular weight is 276 g/mol. The van der Waals surface area contributed by atoms with Crippen LogP contribution in [0.5, 0.6) is 5.75 Å². The highest BCUT2D eigenvalue weighted by Crippen LogP contribution is 2.43. The Balaban J connectivity index is 1.58. The normalized spacial score (nSPS) is 24.1. The van der Waals surface area contributed by atoms with Gasteiger partial charge in [0, 0.05) is 12.8 Å². The Labute approximate surface area is 118 Å². The minimum absolute atomic E-state index is 0.0562. The topological polar surface area (TPSA) is 55.8 Å². The number of hydrogen-bond donors (Lipinski definition) is 1. The molecule has 0 radical (unpaired) electrons. The summed E-state index contributed by atoms with van der Waals surface area (Å²) < 4.78 is 11.9. The Morgan fingerprint density at radius 2 is 2.10 bits per heavy atom. The maximum Gasteiger partial charge on any atom is 0.307 e. The zero-order valence-corrected chi connectivity index (χ0v) is 11.5. The second-order valence-electron chi connectivity index (χ2n) is 5.83. The number of benzene rings is 1. The van der Waals surface area contributed by atoms with Gasteiger partial charge in [0.1, 0.15) is 11.9 Å². The second kappa shape index (κ2) is 5.44. The molecule has 1 N–H and O–H groups in total. The van der Waals surface area contributed by atoms with Crippen LogP contribution >= 0.6 is 0 Å². The van der Waals surface area contributed by atoms with Crippen molar-refractivity contribution in [2.24, 2.45) is 0 Å². The Bertz CT molecular complexity index is 476. The Morgan fingerprint density at radius 1 is 1.35 bits per heavy atom. The van der Waals surface area contributed by atoms with Crippen molar-refractivity contribution in [2.75, 3.05) is 6.61 Å². The van der Waals surface area contributed by atoms with Gasteiger partial charge in [-0.25, -0.2) is 0 Å². The van der Waals surface area contributed by atoms with Gasteiger partial charge in [-0.3, -0.25) is 4.79 Å². The van der Waals surface area contributed by atoms with Crippen LogP contribution in [0.25, 0.3) is 0 Å². The van der Waals surface area contributed by atoms with Gasteiger partial charge in [0.25, 0.3) is 0 Å². The molecular weight excluding hydrogens is 256 g/mol. The summed E-state index contributed by atoms with van der Waals surface area (Å²) in [5.74, 6) is 0.00975. The van der Waals surface area contributed by atoms with E-state index >= 15 is 0 Å². The van der Waals surface area contributed by atoms with Gasteiger partial charge >= 0.3 is 5.97 Å². The Morgan fingerprint density at radius 3 is 2.70 bits per heavy atom. The fourth-order valence-corrected chi connectivity index (χ4v) is 3.06. The first kappa shape index (κ1) is 13.4. The fraction of sp³-hybridized carbons (Fsp3) is 0.562. The largest absolute Gasteiger partial charge is 0.490 e. The van der Waals surface area contributed by atoms with Crippen LogP contribution in [0.1, 0.15) is 37.7 Å². The van der Waals surface area contributed by atoms with Crippen molar-refractivity contribution >= 4 is 5.97 Å². The molecule has 1 spiro atoms. The van der Waals surface area contributed by atoms with Gasteiger partial charge in [0.05, 0.1) is 18.6 Å². The molecule has 2 fully saturated rings. The van der Waals surface area contributed by atoms with Gasteiger partial charge in [-0.2, -0.15) is 0 Å². The smallest absolute Gasteiger partial charge is 0.307 e. The predicted octanol–water partition coefficient (Wildman–Crippen LogP) is 2.79. The van der Waals surface area contributed by atoms with Crippen molar-refractivity contribution in [3.8, 4) is 5.75 Å². The van der Waals surface area contributed by atoms with E-state index in [9.17, 15) is 4.79 Å². The summed E-state index contributed by atoms with van der Waals surface area (Å²) in [6.07, 6.45) is 5.75. The van der Waals surface area contributed by atoms with Gasteiger partial charge < -0.3 is 14.6 Å². The molecule has 3 rings (SSSR count). The molecule has 1 aromatic rings. The maximum absolute atomic E-state index is 10.6. The molecule has 0 aromatic heterocycles. The molecule has 1 saturated carbocycles. The number of rotatable bonds is 4. The number of carboxylic acids is 1. The van der Waals surface area contributed by atoms with Crippen molar-refractivity contribution in [3.05, 3.63) is 29.8 Å². The van der Waals surface area contributed by atoms with Gasteiger partial charge in [-0.05, 0) is 37.0 Å². The highest BCUT2D eigenvalue weighted by atomic mass is 16.5. The van der Waals surface area contributed by atoms with Crippen molar-refractivity contribution < 1.29 is 19.4 Å². The van der Waals surface area contributed by atoms with Crippen LogP contribution in [0.2, 0.25) is 0 Å². The maximum atomic E-state index is 10.6. The lowest BCUT2D eigenvalue weighted by molar-refractivity contribution is -0.153. The van der Waals surface area contributed by atoms with Crippen molar-refractivity contribution in [2.45, 2.75) is 50.2 Å². The predicted molar refractivity (Wildman–Crippen MR) is 74.0 cm³/mol. The first-order chi connectivity index (χ1) is 9.65. The van der Waals surface area contributed by atoms with Crippen LogP contribution in [0.4, 0.5) is 0 Å². The molecule has 1 saturated heterocycles. The van der Waals surface area contributed by atoms with E-state index in [0.717, 1.165) is 43.6 Å². The molecule has 108 valence electrons. The number of carboxylic acid groups (broad SMARTS) is 1. The molecule has 1 heterocycles. The quantitative estimate of drug-likeness (QED) is 0.918. The zero-order valence-electron chi connectivity index (χ0n) is 11.5. The highest BCUT2D eigenvalue weighted by molar-refractivity contribution is 5.70. The number of ether oxygens (including phenoxy) is 2. The monoisotopic (exact) mass is 276 g/mol. The molecule has 1 aliphatic heterocycles. The summed E-state index contributed by atoms with van der Waals surface area (Å²) in [4.78, 5) is 10.6. The molecule has 4 nitrogen and oxygen atoms in total. The molecule has 0 bridgehead atoms. The molecule has 1 atom stereocenters. The van der Waals surface area contributed by atoms with E-state index in [4.69, 9.17) is 14.6 Å². The summed E-state index contributed by atoms with van der Waals surface area (Å²) in [6.45, 7) is 0.780. The van der Waals surface area contributed by atoms with E-state index in [-0.39, 0.29) is 18.1 Å². The molecule has 1 aromatic carbocycles. The highest BCUT2D eigenvalue weighted by Gasteiger charge is 2.43. The fourth-order valence-electron chi connectivity index (χ4n) is 3.06. The number of aliphatic carboxylic acids is 1. The summed E-state index contributed by atoms with van der Waals surface area (Å²) in [6, 6.07) is 7.37. The Hall–Kier alpha value is -1.55. The van der Waals surface area contributed by atoms with Crippen LogP contribution in [-0.4, -0.2) is 29.4 Å². The third kappa shape index (κ3) is 2.96. The molecule has 1 unspecified atom stereocenters. The van der Waals surface area contributed by atoms with Crippen LogP contribution in [0, 0.1) is 0 Å². The summed E-state index contributed by atoms with van der Waals surface area (Å²) in [5, 5.41) is 8.74. The summed E-state index contributed by atoms with van der Waals surface area (Å²) >= 11 is 0. The van der Waals surface area contributed by atoms with Crippen LogP contribution in [-0.2, 0) is 16.0 Å². The van der Waals surface area contributed by atoms with Gasteiger partial charge in [0.15, 0.2) is 0 Å². The standard InChI is InChI=1S/C16H20O4/c17-15(18)10-12-2-4-13(5-3-12)20-14-6-9-19-16(11-14)7-1-8-16/h2-5,14H,1,6-11H2,(H,17,18). The first-order valence-electron chi connectivity index (χ1n) is 7.27. The average Bonchev–Trinajstić information content (AvgIpc) is 2.39. The molecular formula is C16H20O4. The lowest BCUT2D eigenvalue weighted by Crippen LogP contribution is -2.48. The van der Waals surface area contributed by atoms with Crippen LogP contribution in [0.3, 0.4) is 0 Å². The minimum atomic E-state index is -0.810.